The number of nitrogens with one attached hydrogen (secondary N) is 2. The monoisotopic (exact) mass is 573 g/mol. The highest BCUT2D eigenvalue weighted by atomic mass is 16.5. The molecule has 1 aliphatic heterocycles. The van der Waals surface area contributed by atoms with E-state index in [1.165, 1.54) is 18.4 Å². The molecule has 216 valence electrons. The van der Waals surface area contributed by atoms with E-state index in [0.717, 1.165) is 16.8 Å². The molecule has 2 amide bonds. The van der Waals surface area contributed by atoms with Crippen molar-refractivity contribution < 1.29 is 14.3 Å². The number of hydrogen-bond acceptors (Lipinski definition) is 7. The second-order valence-electron chi connectivity index (χ2n) is 10.9. The van der Waals surface area contributed by atoms with Crippen LogP contribution in [-0.2, 0) is 4.74 Å². The first-order valence-corrected chi connectivity index (χ1v) is 14.5. The molecule has 2 aromatic heterocycles. The summed E-state index contributed by atoms with van der Waals surface area (Å²) in [7, 11) is 0. The lowest BCUT2D eigenvalue weighted by atomic mass is 10.0. The van der Waals surface area contributed by atoms with Gasteiger partial charge >= 0.3 is 0 Å². The van der Waals surface area contributed by atoms with Crippen LogP contribution < -0.4 is 10.6 Å². The average Bonchev–Trinajstić information content (AvgIpc) is 3.79. The number of hydrogen-bond donors (Lipinski definition) is 2. The van der Waals surface area contributed by atoms with Crippen LogP contribution in [0.4, 0.5) is 17.2 Å². The Morgan fingerprint density at radius 1 is 0.930 bits per heavy atom. The van der Waals surface area contributed by atoms with Gasteiger partial charge < -0.3 is 20.3 Å². The first-order valence-electron chi connectivity index (χ1n) is 14.5. The number of nitrogens with zero attached hydrogens (tertiary/aromatic N) is 5. The molecule has 1 saturated carbocycles. The molecule has 0 radical (unpaired) electrons. The number of fused-ring (bicyclic) bond motifs is 1. The number of anilines is 3. The number of carbonyl (C=O) groups excluding carboxylic acids is 2. The fraction of sp³-hybridized carbons (Fsp3) is 0.242. The van der Waals surface area contributed by atoms with Crippen LogP contribution in [0, 0.1) is 6.92 Å². The highest BCUT2D eigenvalue weighted by Gasteiger charge is 2.23. The average molecular weight is 574 g/mol. The molecule has 1 saturated heterocycles. The zero-order valence-corrected chi connectivity index (χ0v) is 23.8. The third-order valence-corrected chi connectivity index (χ3v) is 7.99. The van der Waals surface area contributed by atoms with Gasteiger partial charge in [-0.1, -0.05) is 24.3 Å². The van der Waals surface area contributed by atoms with E-state index in [-0.39, 0.29) is 11.8 Å². The maximum atomic E-state index is 13.1. The number of amides is 2. The number of carbonyl (C=O) groups is 2. The fourth-order valence-corrected chi connectivity index (χ4v) is 5.34. The molecular weight excluding hydrogens is 542 g/mol. The summed E-state index contributed by atoms with van der Waals surface area (Å²) in [6.45, 7) is 4.26. The Morgan fingerprint density at radius 3 is 2.42 bits per heavy atom. The van der Waals surface area contributed by atoms with Gasteiger partial charge in [0.1, 0.15) is 0 Å². The van der Waals surface area contributed by atoms with Gasteiger partial charge in [0.15, 0.2) is 17.3 Å². The van der Waals surface area contributed by atoms with Gasteiger partial charge in [-0.05, 0) is 79.3 Å². The lowest BCUT2D eigenvalue weighted by Gasteiger charge is -2.26. The van der Waals surface area contributed by atoms with E-state index in [1.807, 2.05) is 61.5 Å². The number of ether oxygens (including phenoxy) is 1. The smallest absolute Gasteiger partial charge is 0.255 e. The summed E-state index contributed by atoms with van der Waals surface area (Å²) in [5, 5.41) is 11.1. The maximum Gasteiger partial charge on any atom is 0.255 e. The minimum Gasteiger partial charge on any atom is -0.378 e. The molecular formula is C33H31N7O3. The molecule has 0 atom stereocenters. The summed E-state index contributed by atoms with van der Waals surface area (Å²) in [6, 6.07) is 20.9. The second kappa shape index (κ2) is 11.3. The summed E-state index contributed by atoms with van der Waals surface area (Å²) in [4.78, 5) is 37.0. The molecule has 1 aliphatic carbocycles. The molecule has 5 aromatic rings. The van der Waals surface area contributed by atoms with E-state index in [2.05, 4.69) is 15.6 Å². The molecule has 2 aliphatic rings. The summed E-state index contributed by atoms with van der Waals surface area (Å²) < 4.78 is 7.03. The Labute approximate surface area is 248 Å². The van der Waals surface area contributed by atoms with Gasteiger partial charge in [-0.3, -0.25) is 9.59 Å². The van der Waals surface area contributed by atoms with Crippen molar-refractivity contribution in [3.05, 3.63) is 101 Å². The normalized spacial score (nSPS) is 15.0. The van der Waals surface area contributed by atoms with E-state index in [9.17, 15) is 9.59 Å². The molecule has 2 N–H and O–H groups in total. The van der Waals surface area contributed by atoms with Crippen LogP contribution >= 0.6 is 0 Å². The van der Waals surface area contributed by atoms with E-state index >= 15 is 0 Å². The van der Waals surface area contributed by atoms with Crippen LogP contribution in [0.2, 0.25) is 0 Å². The Bertz CT molecular complexity index is 1810. The van der Waals surface area contributed by atoms with E-state index < -0.39 is 0 Å². The number of rotatable bonds is 7. The first-order chi connectivity index (χ1) is 21.0. The molecule has 7 rings (SSSR count). The Hall–Kier alpha value is -5.09. The van der Waals surface area contributed by atoms with Crippen LogP contribution in [0.1, 0.15) is 50.6 Å². The van der Waals surface area contributed by atoms with Crippen molar-refractivity contribution in [1.82, 2.24) is 24.5 Å². The van der Waals surface area contributed by atoms with Crippen LogP contribution in [0.15, 0.2) is 79.1 Å². The highest BCUT2D eigenvalue weighted by molar-refractivity contribution is 6.05. The van der Waals surface area contributed by atoms with Gasteiger partial charge in [-0.15, -0.1) is 5.10 Å². The minimum atomic E-state index is -0.161. The van der Waals surface area contributed by atoms with Crippen LogP contribution in [0.25, 0.3) is 17.0 Å². The lowest BCUT2D eigenvalue weighted by Crippen LogP contribution is -2.40. The Balaban J connectivity index is 1.13. The zero-order chi connectivity index (χ0) is 29.3. The van der Waals surface area contributed by atoms with Crippen molar-refractivity contribution in [2.45, 2.75) is 25.7 Å². The number of benzene rings is 3. The number of aromatic nitrogens is 4. The summed E-state index contributed by atoms with van der Waals surface area (Å²) in [6.07, 6.45) is 5.89. The molecule has 2 fully saturated rings. The van der Waals surface area contributed by atoms with Crippen LogP contribution in [0.3, 0.4) is 0 Å². The molecule has 10 heteroatoms. The molecule has 43 heavy (non-hydrogen) atoms. The second-order valence-corrected chi connectivity index (χ2v) is 10.9. The predicted molar refractivity (Wildman–Crippen MR) is 164 cm³/mol. The van der Waals surface area contributed by atoms with Crippen LogP contribution in [-0.4, -0.2) is 62.6 Å². The topological polar surface area (TPSA) is 114 Å². The summed E-state index contributed by atoms with van der Waals surface area (Å²) >= 11 is 0. The van der Waals surface area contributed by atoms with Crippen LogP contribution in [0.5, 0.6) is 0 Å². The van der Waals surface area contributed by atoms with Gasteiger partial charge in [0.2, 0.25) is 0 Å². The van der Waals surface area contributed by atoms with Crippen molar-refractivity contribution in [2.75, 3.05) is 36.9 Å². The van der Waals surface area contributed by atoms with Gasteiger partial charge in [-0.2, -0.15) is 0 Å². The number of imidazole rings is 1. The zero-order valence-electron chi connectivity index (χ0n) is 23.8. The molecule has 0 unspecified atom stereocenters. The number of morpholine rings is 1. The molecule has 3 heterocycles. The maximum absolute atomic E-state index is 13.1. The summed E-state index contributed by atoms with van der Waals surface area (Å²) in [5.41, 5.74) is 6.19. The standard InChI is InChI=1S/C33H31N7O3/c1-21-27(3-2-4-28(21)36-32(41)24-9-7-23(8-10-24)22-5-6-22)29-37-30(31-34-15-16-40(31)38-29)35-26-13-11-25(12-14-26)33(42)39-17-19-43-20-18-39/h2-4,7-16,22H,5-6,17-20H2,1H3,(H,36,41)(H,35,37,38). The van der Waals surface area contributed by atoms with Crippen molar-refractivity contribution in [2.24, 2.45) is 0 Å². The first kappa shape index (κ1) is 26.8. The molecule has 0 spiro atoms. The molecule has 0 bridgehead atoms. The largest absolute Gasteiger partial charge is 0.378 e. The third-order valence-electron chi connectivity index (χ3n) is 7.99. The summed E-state index contributed by atoms with van der Waals surface area (Å²) in [5.74, 6) is 1.48. The van der Waals surface area contributed by atoms with E-state index in [1.54, 1.807) is 33.9 Å². The third kappa shape index (κ3) is 5.56. The van der Waals surface area contributed by atoms with E-state index in [0.29, 0.717) is 66.3 Å². The SMILES string of the molecule is Cc1c(NC(=O)c2ccc(C3CC3)cc2)cccc1-c1nc(Nc2ccc(C(=O)N3CCOCC3)cc2)c2nccn2n1. The Morgan fingerprint density at radius 2 is 1.67 bits per heavy atom. The highest BCUT2D eigenvalue weighted by Crippen LogP contribution is 2.40. The quantitative estimate of drug-likeness (QED) is 0.266. The lowest BCUT2D eigenvalue weighted by molar-refractivity contribution is 0.0303. The Kier molecular flexibility index (Phi) is 7.04. The van der Waals surface area contributed by atoms with Gasteiger partial charge in [0, 0.05) is 53.5 Å². The van der Waals surface area contributed by atoms with Gasteiger partial charge in [0.05, 0.1) is 13.2 Å². The van der Waals surface area contributed by atoms with Crippen molar-refractivity contribution in [3.8, 4) is 11.4 Å². The van der Waals surface area contributed by atoms with Gasteiger partial charge in [0.25, 0.3) is 11.8 Å². The van der Waals surface area contributed by atoms with E-state index in [4.69, 9.17) is 14.8 Å². The fourth-order valence-electron chi connectivity index (χ4n) is 5.34. The predicted octanol–water partition coefficient (Wildman–Crippen LogP) is 5.45. The van der Waals surface area contributed by atoms with Crippen molar-refractivity contribution in [1.29, 1.82) is 0 Å². The van der Waals surface area contributed by atoms with Crippen molar-refractivity contribution >= 4 is 34.7 Å². The van der Waals surface area contributed by atoms with Crippen molar-refractivity contribution in [3.63, 3.8) is 0 Å². The van der Waals surface area contributed by atoms with Gasteiger partial charge in [-0.25, -0.2) is 14.5 Å². The molecule has 3 aromatic carbocycles. The molecule has 10 nitrogen and oxygen atoms in total. The minimum absolute atomic E-state index is 0.00691.